The molecule has 1 saturated heterocycles. The Morgan fingerprint density at radius 2 is 1.85 bits per heavy atom. The number of rotatable bonds is 6. The van der Waals surface area contributed by atoms with Gasteiger partial charge in [-0.2, -0.15) is 0 Å². The number of aromatic hydroxyl groups is 1. The van der Waals surface area contributed by atoms with E-state index in [9.17, 15) is 9.90 Å². The number of hydrogen-bond donors (Lipinski definition) is 1. The third-order valence-corrected chi connectivity index (χ3v) is 4.93. The predicted octanol–water partition coefficient (Wildman–Crippen LogP) is 4.03. The van der Waals surface area contributed by atoms with Gasteiger partial charge in [0.2, 0.25) is 0 Å². The second-order valence-electron chi connectivity index (χ2n) is 6.91. The zero-order valence-corrected chi connectivity index (χ0v) is 15.2. The van der Waals surface area contributed by atoms with Crippen molar-refractivity contribution >= 4 is 11.0 Å². The molecule has 0 saturated carbocycles. The molecule has 140 valence electrons. The molecule has 1 N–H and O–H groups in total. The highest BCUT2D eigenvalue weighted by Gasteiger charge is 2.14. The van der Waals surface area contributed by atoms with Gasteiger partial charge in [-0.15, -0.1) is 0 Å². The Labute approximate surface area is 157 Å². The minimum Gasteiger partial charge on any atom is -0.507 e. The lowest BCUT2D eigenvalue weighted by molar-refractivity contribution is 0.263. The highest BCUT2D eigenvalue weighted by atomic mass is 16.5. The number of ether oxygens (including phenoxy) is 1. The van der Waals surface area contributed by atoms with E-state index in [0.29, 0.717) is 23.7 Å². The van der Waals surface area contributed by atoms with Crippen LogP contribution in [0.5, 0.6) is 11.5 Å². The van der Waals surface area contributed by atoms with Crippen molar-refractivity contribution < 1.29 is 14.3 Å². The maximum absolute atomic E-state index is 12.4. The third kappa shape index (κ3) is 3.98. The molecular formula is C22H23NO4. The van der Waals surface area contributed by atoms with Gasteiger partial charge in [-0.3, -0.25) is 4.79 Å². The van der Waals surface area contributed by atoms with Crippen LogP contribution in [0.2, 0.25) is 0 Å². The van der Waals surface area contributed by atoms with Gasteiger partial charge < -0.3 is 19.2 Å². The van der Waals surface area contributed by atoms with E-state index < -0.39 is 0 Å². The minimum atomic E-state index is -0.270. The van der Waals surface area contributed by atoms with Gasteiger partial charge in [0.25, 0.3) is 0 Å². The van der Waals surface area contributed by atoms with Crippen LogP contribution in [0.3, 0.4) is 0 Å². The van der Waals surface area contributed by atoms with Crippen LogP contribution in [0, 0.1) is 0 Å². The Morgan fingerprint density at radius 3 is 2.63 bits per heavy atom. The first-order valence-electron chi connectivity index (χ1n) is 9.42. The molecule has 0 amide bonds. The van der Waals surface area contributed by atoms with Gasteiger partial charge in [-0.05, 0) is 32.4 Å². The van der Waals surface area contributed by atoms with Crippen LogP contribution < -0.4 is 10.2 Å². The first-order chi connectivity index (χ1) is 13.2. The summed E-state index contributed by atoms with van der Waals surface area (Å²) in [5.41, 5.74) is 0.872. The molecule has 5 nitrogen and oxygen atoms in total. The highest BCUT2D eigenvalue weighted by Crippen LogP contribution is 2.31. The first-order valence-corrected chi connectivity index (χ1v) is 9.42. The van der Waals surface area contributed by atoms with Crippen LogP contribution in [0.4, 0.5) is 0 Å². The molecule has 27 heavy (non-hydrogen) atoms. The van der Waals surface area contributed by atoms with Crippen LogP contribution >= 0.6 is 0 Å². The summed E-state index contributed by atoms with van der Waals surface area (Å²) in [5.74, 6) is 0.865. The second-order valence-corrected chi connectivity index (χ2v) is 6.91. The summed E-state index contributed by atoms with van der Waals surface area (Å²) in [6.45, 7) is 3.92. The van der Waals surface area contributed by atoms with E-state index in [0.717, 1.165) is 18.5 Å². The van der Waals surface area contributed by atoms with Crippen molar-refractivity contribution in [3.63, 3.8) is 0 Å². The van der Waals surface area contributed by atoms with Crippen LogP contribution in [0.1, 0.15) is 19.3 Å². The summed E-state index contributed by atoms with van der Waals surface area (Å²) >= 11 is 0. The summed E-state index contributed by atoms with van der Waals surface area (Å²) in [7, 11) is 0. The molecular weight excluding hydrogens is 342 g/mol. The Bertz CT molecular complexity index is 975. The van der Waals surface area contributed by atoms with Gasteiger partial charge >= 0.3 is 0 Å². The monoisotopic (exact) mass is 365 g/mol. The van der Waals surface area contributed by atoms with Gasteiger partial charge in [0.05, 0.1) is 6.61 Å². The lowest BCUT2D eigenvalue weighted by Crippen LogP contribution is -2.21. The largest absolute Gasteiger partial charge is 0.507 e. The summed E-state index contributed by atoms with van der Waals surface area (Å²) in [6, 6.07) is 14.0. The lowest BCUT2D eigenvalue weighted by Gasteiger charge is -2.14. The molecule has 0 atom stereocenters. The maximum atomic E-state index is 12.4. The molecule has 1 aliphatic rings. The zero-order chi connectivity index (χ0) is 18.6. The highest BCUT2D eigenvalue weighted by molar-refractivity contribution is 5.86. The molecule has 2 aromatic carbocycles. The number of likely N-dealkylation sites (tertiary alicyclic amines) is 1. The molecule has 4 rings (SSSR count). The predicted molar refractivity (Wildman–Crippen MR) is 105 cm³/mol. The van der Waals surface area contributed by atoms with E-state index in [1.54, 1.807) is 6.07 Å². The fraction of sp³-hybridized carbons (Fsp3) is 0.318. The molecule has 0 unspecified atom stereocenters. The fourth-order valence-corrected chi connectivity index (χ4v) is 3.56. The van der Waals surface area contributed by atoms with Crippen molar-refractivity contribution in [2.75, 3.05) is 26.2 Å². The van der Waals surface area contributed by atoms with Crippen molar-refractivity contribution in [2.45, 2.75) is 19.3 Å². The average molecular weight is 365 g/mol. The van der Waals surface area contributed by atoms with Gasteiger partial charge in [0.1, 0.15) is 28.2 Å². The number of nitrogens with zero attached hydrogens (tertiary/aromatic N) is 1. The third-order valence-electron chi connectivity index (χ3n) is 4.93. The normalized spacial score (nSPS) is 14.7. The molecule has 5 heteroatoms. The molecule has 0 bridgehead atoms. The van der Waals surface area contributed by atoms with E-state index in [-0.39, 0.29) is 16.6 Å². The summed E-state index contributed by atoms with van der Waals surface area (Å²) in [4.78, 5) is 14.9. The molecule has 1 fully saturated rings. The SMILES string of the molecule is O=c1cc(-c2ccccc2)oc2cc(OCCCN3CCCC3)cc(O)c12. The number of phenols is 1. The van der Waals surface area contributed by atoms with Crippen molar-refractivity contribution in [3.05, 3.63) is 58.8 Å². The average Bonchev–Trinajstić information content (AvgIpc) is 3.19. The first kappa shape index (κ1) is 17.6. The Balaban J connectivity index is 1.54. The van der Waals surface area contributed by atoms with E-state index in [1.165, 1.54) is 38.1 Å². The summed E-state index contributed by atoms with van der Waals surface area (Å²) < 4.78 is 11.7. The van der Waals surface area contributed by atoms with E-state index in [1.807, 2.05) is 30.3 Å². The number of benzene rings is 2. The quantitative estimate of drug-likeness (QED) is 0.668. The van der Waals surface area contributed by atoms with E-state index in [2.05, 4.69) is 4.90 Å². The van der Waals surface area contributed by atoms with Crippen molar-refractivity contribution in [2.24, 2.45) is 0 Å². The Hall–Kier alpha value is -2.79. The topological polar surface area (TPSA) is 62.9 Å². The number of hydrogen-bond acceptors (Lipinski definition) is 5. The molecule has 2 heterocycles. The molecule has 3 aromatic rings. The van der Waals surface area contributed by atoms with Crippen LogP contribution in [0.25, 0.3) is 22.3 Å². The molecule has 1 aromatic heterocycles. The Kier molecular flexibility index (Phi) is 5.12. The summed E-state index contributed by atoms with van der Waals surface area (Å²) in [6.07, 6.45) is 3.48. The molecule has 0 aliphatic carbocycles. The van der Waals surface area contributed by atoms with Gasteiger partial charge in [0, 0.05) is 30.3 Å². The van der Waals surface area contributed by atoms with E-state index >= 15 is 0 Å². The van der Waals surface area contributed by atoms with Crippen LogP contribution in [-0.2, 0) is 0 Å². The standard InChI is InChI=1S/C22H23NO4/c24-18-13-17(26-12-6-11-23-9-4-5-10-23)14-21-22(18)19(25)15-20(27-21)16-7-2-1-3-8-16/h1-3,7-8,13-15,24H,4-6,9-12H2. The van der Waals surface area contributed by atoms with Crippen molar-refractivity contribution in [1.29, 1.82) is 0 Å². The Morgan fingerprint density at radius 1 is 1.07 bits per heavy atom. The van der Waals surface area contributed by atoms with Gasteiger partial charge in [-0.1, -0.05) is 30.3 Å². The molecule has 0 radical (unpaired) electrons. The zero-order valence-electron chi connectivity index (χ0n) is 15.2. The van der Waals surface area contributed by atoms with E-state index in [4.69, 9.17) is 9.15 Å². The number of phenolic OH excluding ortho intramolecular Hbond substituents is 1. The summed E-state index contributed by atoms with van der Waals surface area (Å²) in [5, 5.41) is 10.5. The van der Waals surface area contributed by atoms with Crippen molar-refractivity contribution in [1.82, 2.24) is 4.90 Å². The lowest BCUT2D eigenvalue weighted by atomic mass is 10.1. The fourth-order valence-electron chi connectivity index (χ4n) is 3.56. The van der Waals surface area contributed by atoms with Crippen LogP contribution in [0.15, 0.2) is 57.7 Å². The molecule has 1 aliphatic heterocycles. The van der Waals surface area contributed by atoms with Gasteiger partial charge in [-0.25, -0.2) is 0 Å². The maximum Gasteiger partial charge on any atom is 0.197 e. The smallest absolute Gasteiger partial charge is 0.197 e. The van der Waals surface area contributed by atoms with Gasteiger partial charge in [0.15, 0.2) is 5.43 Å². The van der Waals surface area contributed by atoms with Crippen LogP contribution in [-0.4, -0.2) is 36.2 Å². The second kappa shape index (κ2) is 7.84. The molecule has 0 spiro atoms. The number of fused-ring (bicyclic) bond motifs is 1. The minimum absolute atomic E-state index is 0.115. The van der Waals surface area contributed by atoms with Crippen molar-refractivity contribution in [3.8, 4) is 22.8 Å².